The van der Waals surface area contributed by atoms with Crippen LogP contribution >= 0.6 is 0 Å². The lowest BCUT2D eigenvalue weighted by Gasteiger charge is -2.07. The van der Waals surface area contributed by atoms with E-state index < -0.39 is 6.04 Å². The smallest absolute Gasteiger partial charge is 0.179 e. The second kappa shape index (κ2) is 3.50. The monoisotopic (exact) mass is 193 g/mol. The summed E-state index contributed by atoms with van der Waals surface area (Å²) < 4.78 is 12.9. The van der Waals surface area contributed by atoms with Crippen LogP contribution < -0.4 is 5.73 Å². The molecule has 0 saturated heterocycles. The summed E-state index contributed by atoms with van der Waals surface area (Å²) in [5.74, 6) is -0.497. The fourth-order valence-electron chi connectivity index (χ4n) is 1.84. The van der Waals surface area contributed by atoms with Crippen LogP contribution in [0.3, 0.4) is 0 Å². The molecule has 0 aromatic heterocycles. The molecule has 1 aliphatic rings. The van der Waals surface area contributed by atoms with Crippen molar-refractivity contribution in [1.82, 2.24) is 0 Å². The summed E-state index contributed by atoms with van der Waals surface area (Å²) in [6, 6.07) is 3.91. The molecule has 1 atom stereocenters. The standard InChI is InChI=1S/C11H12FNO/c12-8-5-4-7-2-1-3-10(13)11(14)9(7)6-8/h4-6,10H,1-3,13H2. The van der Waals surface area contributed by atoms with Crippen LogP contribution in [0.4, 0.5) is 4.39 Å². The SMILES string of the molecule is NC1CCCc2ccc(F)cc2C1=O. The first-order valence-corrected chi connectivity index (χ1v) is 4.76. The van der Waals surface area contributed by atoms with Crippen molar-refractivity contribution in [3.63, 3.8) is 0 Å². The molecule has 2 nitrogen and oxygen atoms in total. The van der Waals surface area contributed by atoms with Gasteiger partial charge in [0, 0.05) is 5.56 Å². The fourth-order valence-corrected chi connectivity index (χ4v) is 1.84. The van der Waals surface area contributed by atoms with Gasteiger partial charge < -0.3 is 5.73 Å². The first kappa shape index (κ1) is 9.34. The van der Waals surface area contributed by atoms with Crippen molar-refractivity contribution in [3.8, 4) is 0 Å². The molecule has 1 aliphatic carbocycles. The van der Waals surface area contributed by atoms with Crippen molar-refractivity contribution in [1.29, 1.82) is 0 Å². The predicted octanol–water partition coefficient (Wildman–Crippen LogP) is 1.67. The van der Waals surface area contributed by atoms with Gasteiger partial charge >= 0.3 is 0 Å². The van der Waals surface area contributed by atoms with E-state index in [4.69, 9.17) is 5.73 Å². The van der Waals surface area contributed by atoms with Gasteiger partial charge in [-0.3, -0.25) is 4.79 Å². The fraction of sp³-hybridized carbons (Fsp3) is 0.364. The molecule has 2 N–H and O–H groups in total. The summed E-state index contributed by atoms with van der Waals surface area (Å²) in [7, 11) is 0. The molecule has 0 bridgehead atoms. The third-order valence-corrected chi connectivity index (χ3v) is 2.64. The second-order valence-corrected chi connectivity index (χ2v) is 3.66. The Morgan fingerprint density at radius 3 is 3.00 bits per heavy atom. The van der Waals surface area contributed by atoms with Gasteiger partial charge in [0.05, 0.1) is 6.04 Å². The Morgan fingerprint density at radius 1 is 1.43 bits per heavy atom. The van der Waals surface area contributed by atoms with Gasteiger partial charge in [0.15, 0.2) is 5.78 Å². The van der Waals surface area contributed by atoms with E-state index >= 15 is 0 Å². The number of ketones is 1. The molecule has 0 saturated carbocycles. The summed E-state index contributed by atoms with van der Waals surface area (Å²) in [4.78, 5) is 11.7. The highest BCUT2D eigenvalue weighted by molar-refractivity contribution is 6.01. The highest BCUT2D eigenvalue weighted by Gasteiger charge is 2.22. The van der Waals surface area contributed by atoms with Crippen molar-refractivity contribution in [3.05, 3.63) is 35.1 Å². The van der Waals surface area contributed by atoms with Crippen LogP contribution in [-0.4, -0.2) is 11.8 Å². The molecular formula is C11H12FNO. The Morgan fingerprint density at radius 2 is 2.21 bits per heavy atom. The van der Waals surface area contributed by atoms with Crippen molar-refractivity contribution < 1.29 is 9.18 Å². The molecule has 0 radical (unpaired) electrons. The molecule has 1 unspecified atom stereocenters. The Kier molecular flexibility index (Phi) is 2.33. The maximum Gasteiger partial charge on any atom is 0.179 e. The van der Waals surface area contributed by atoms with Gasteiger partial charge in [0.1, 0.15) is 5.82 Å². The van der Waals surface area contributed by atoms with Crippen LogP contribution in [0.15, 0.2) is 18.2 Å². The number of nitrogens with two attached hydrogens (primary N) is 1. The van der Waals surface area contributed by atoms with E-state index in [-0.39, 0.29) is 11.6 Å². The van der Waals surface area contributed by atoms with E-state index in [0.29, 0.717) is 12.0 Å². The van der Waals surface area contributed by atoms with Crippen molar-refractivity contribution >= 4 is 5.78 Å². The van der Waals surface area contributed by atoms with Crippen LogP contribution in [0.1, 0.15) is 28.8 Å². The molecule has 14 heavy (non-hydrogen) atoms. The highest BCUT2D eigenvalue weighted by atomic mass is 19.1. The Bertz CT molecular complexity index is 376. The summed E-state index contributed by atoms with van der Waals surface area (Å²) in [6.07, 6.45) is 2.40. The quantitative estimate of drug-likeness (QED) is 0.637. The van der Waals surface area contributed by atoms with Gasteiger partial charge in [-0.1, -0.05) is 6.07 Å². The number of rotatable bonds is 0. The zero-order valence-corrected chi connectivity index (χ0v) is 7.79. The number of benzene rings is 1. The van der Waals surface area contributed by atoms with E-state index in [1.165, 1.54) is 12.1 Å². The maximum atomic E-state index is 12.9. The van der Waals surface area contributed by atoms with Crippen molar-refractivity contribution in [2.45, 2.75) is 25.3 Å². The normalized spacial score (nSPS) is 21.6. The second-order valence-electron chi connectivity index (χ2n) is 3.66. The molecule has 0 spiro atoms. The maximum absolute atomic E-state index is 12.9. The van der Waals surface area contributed by atoms with E-state index in [1.54, 1.807) is 6.07 Å². The lowest BCUT2D eigenvalue weighted by molar-refractivity contribution is 0.0959. The van der Waals surface area contributed by atoms with Gasteiger partial charge in [-0.25, -0.2) is 4.39 Å². The van der Waals surface area contributed by atoms with Crippen LogP contribution in [-0.2, 0) is 6.42 Å². The Labute approximate surface area is 81.9 Å². The van der Waals surface area contributed by atoms with Gasteiger partial charge in [-0.15, -0.1) is 0 Å². The molecule has 3 heteroatoms. The van der Waals surface area contributed by atoms with Crippen LogP contribution in [0.25, 0.3) is 0 Å². The topological polar surface area (TPSA) is 43.1 Å². The number of hydrogen-bond donors (Lipinski definition) is 1. The number of fused-ring (bicyclic) bond motifs is 1. The number of Topliss-reactive ketones (excluding diaryl/α,β-unsaturated/α-hetero) is 1. The van der Waals surface area contributed by atoms with E-state index in [0.717, 1.165) is 18.4 Å². The molecule has 0 fully saturated rings. The average Bonchev–Trinajstić information content (AvgIpc) is 2.30. The number of carbonyl (C=O) groups excluding carboxylic acids is 1. The minimum absolute atomic E-state index is 0.128. The Hall–Kier alpha value is -1.22. The molecule has 74 valence electrons. The van der Waals surface area contributed by atoms with Crippen molar-refractivity contribution in [2.75, 3.05) is 0 Å². The number of hydrogen-bond acceptors (Lipinski definition) is 2. The Balaban J connectivity index is 2.50. The average molecular weight is 193 g/mol. The zero-order chi connectivity index (χ0) is 10.1. The molecule has 0 aliphatic heterocycles. The molecule has 0 heterocycles. The van der Waals surface area contributed by atoms with Gasteiger partial charge in [-0.05, 0) is 37.0 Å². The van der Waals surface area contributed by atoms with E-state index in [2.05, 4.69) is 0 Å². The first-order chi connectivity index (χ1) is 6.68. The molecular weight excluding hydrogens is 181 g/mol. The van der Waals surface area contributed by atoms with Crippen molar-refractivity contribution in [2.24, 2.45) is 5.73 Å². The third-order valence-electron chi connectivity index (χ3n) is 2.64. The van der Waals surface area contributed by atoms with Gasteiger partial charge in [-0.2, -0.15) is 0 Å². The largest absolute Gasteiger partial charge is 0.321 e. The van der Waals surface area contributed by atoms with Crippen LogP contribution in [0.2, 0.25) is 0 Å². The predicted molar refractivity (Wildman–Crippen MR) is 51.6 cm³/mol. The van der Waals surface area contributed by atoms with Gasteiger partial charge in [0.25, 0.3) is 0 Å². The summed E-state index contributed by atoms with van der Waals surface area (Å²) in [5, 5.41) is 0. The lowest BCUT2D eigenvalue weighted by atomic mass is 10.0. The minimum Gasteiger partial charge on any atom is -0.321 e. The summed E-state index contributed by atoms with van der Waals surface area (Å²) in [6.45, 7) is 0. The third kappa shape index (κ3) is 1.55. The molecule has 2 rings (SSSR count). The lowest BCUT2D eigenvalue weighted by Crippen LogP contribution is -2.29. The highest BCUT2D eigenvalue weighted by Crippen LogP contribution is 2.20. The minimum atomic E-state index is -0.460. The number of halogens is 1. The number of carbonyl (C=O) groups is 1. The molecule has 0 amide bonds. The summed E-state index contributed by atoms with van der Waals surface area (Å²) >= 11 is 0. The zero-order valence-electron chi connectivity index (χ0n) is 7.79. The molecule has 1 aromatic carbocycles. The molecule has 1 aromatic rings. The van der Waals surface area contributed by atoms with Crippen LogP contribution in [0.5, 0.6) is 0 Å². The van der Waals surface area contributed by atoms with Crippen LogP contribution in [0, 0.1) is 5.82 Å². The first-order valence-electron chi connectivity index (χ1n) is 4.76. The summed E-state index contributed by atoms with van der Waals surface area (Å²) in [5.41, 5.74) is 7.06. The number of aryl methyl sites for hydroxylation is 1. The van der Waals surface area contributed by atoms with Gasteiger partial charge in [0.2, 0.25) is 0 Å². The van der Waals surface area contributed by atoms with E-state index in [1.807, 2.05) is 0 Å². The van der Waals surface area contributed by atoms with E-state index in [9.17, 15) is 9.18 Å².